The number of carbonyl (C=O) groups excluding carboxylic acids is 2. The molecule has 1 atom stereocenters. The number of ketones is 1. The van der Waals surface area contributed by atoms with E-state index in [4.69, 9.17) is 25.8 Å². The van der Waals surface area contributed by atoms with Crippen LogP contribution in [-0.4, -0.2) is 59.6 Å². The number of pyridine rings is 1. The molecule has 0 saturated carbocycles. The lowest BCUT2D eigenvalue weighted by Crippen LogP contribution is -2.52. The first-order chi connectivity index (χ1) is 15.0. The minimum absolute atomic E-state index is 0.0619. The molecule has 1 aromatic carbocycles. The van der Waals surface area contributed by atoms with Gasteiger partial charge in [0, 0.05) is 38.5 Å². The van der Waals surface area contributed by atoms with E-state index < -0.39 is 5.60 Å². The standard InChI is InChI=1S/C23H23ClN2O5/c24-18-11-15(13-25-21(18)30-16-5-10-29-14-16)22(28)26-8-6-23(7-9-26)12-19(27)17-3-1-2-4-20(17)31-23/h1-4,11,13,16H,5-10,12,14H2/t16-/m0/s1. The summed E-state index contributed by atoms with van der Waals surface area (Å²) in [6.07, 6.45) is 3.78. The molecule has 7 nitrogen and oxygen atoms in total. The molecular formula is C23H23ClN2O5. The number of hydrogen-bond acceptors (Lipinski definition) is 6. The van der Waals surface area contributed by atoms with Gasteiger partial charge in [-0.1, -0.05) is 23.7 Å². The molecule has 0 bridgehead atoms. The second-order valence-corrected chi connectivity index (χ2v) is 8.70. The zero-order valence-corrected chi connectivity index (χ0v) is 17.8. The van der Waals surface area contributed by atoms with Crippen molar-refractivity contribution in [3.05, 3.63) is 52.7 Å². The van der Waals surface area contributed by atoms with Crippen molar-refractivity contribution in [1.29, 1.82) is 0 Å². The molecule has 2 fully saturated rings. The highest BCUT2D eigenvalue weighted by Gasteiger charge is 2.43. The third kappa shape index (κ3) is 4.00. The van der Waals surface area contributed by atoms with Crippen molar-refractivity contribution in [3.63, 3.8) is 0 Å². The van der Waals surface area contributed by atoms with Crippen LogP contribution in [-0.2, 0) is 4.74 Å². The van der Waals surface area contributed by atoms with E-state index >= 15 is 0 Å². The maximum absolute atomic E-state index is 13.0. The van der Waals surface area contributed by atoms with Gasteiger partial charge in [-0.2, -0.15) is 0 Å². The molecule has 0 radical (unpaired) electrons. The van der Waals surface area contributed by atoms with Crippen molar-refractivity contribution in [3.8, 4) is 11.6 Å². The van der Waals surface area contributed by atoms with Crippen LogP contribution in [0.3, 0.4) is 0 Å². The molecule has 1 amide bonds. The van der Waals surface area contributed by atoms with Gasteiger partial charge < -0.3 is 19.1 Å². The van der Waals surface area contributed by atoms with Gasteiger partial charge in [-0.25, -0.2) is 4.98 Å². The highest BCUT2D eigenvalue weighted by molar-refractivity contribution is 6.32. The van der Waals surface area contributed by atoms with E-state index in [2.05, 4.69) is 4.98 Å². The molecule has 0 unspecified atom stereocenters. The third-order valence-electron chi connectivity index (χ3n) is 6.18. The van der Waals surface area contributed by atoms with Crippen LogP contribution in [0.15, 0.2) is 36.5 Å². The maximum atomic E-state index is 13.0. The quantitative estimate of drug-likeness (QED) is 0.723. The van der Waals surface area contributed by atoms with E-state index in [-0.39, 0.29) is 17.8 Å². The van der Waals surface area contributed by atoms with Crippen LogP contribution in [0.25, 0.3) is 0 Å². The number of fused-ring (bicyclic) bond motifs is 1. The molecule has 2 aromatic rings. The molecule has 3 aliphatic heterocycles. The molecule has 2 saturated heterocycles. The summed E-state index contributed by atoms with van der Waals surface area (Å²) in [6.45, 7) is 2.19. The number of hydrogen-bond donors (Lipinski definition) is 0. The lowest BCUT2D eigenvalue weighted by atomic mass is 9.82. The van der Waals surface area contributed by atoms with Crippen LogP contribution in [0.4, 0.5) is 0 Å². The van der Waals surface area contributed by atoms with Crippen LogP contribution >= 0.6 is 11.6 Å². The van der Waals surface area contributed by atoms with Gasteiger partial charge in [0.05, 0.1) is 30.8 Å². The van der Waals surface area contributed by atoms with Crippen molar-refractivity contribution in [2.45, 2.75) is 37.4 Å². The average Bonchev–Trinajstić information content (AvgIpc) is 3.28. The lowest BCUT2D eigenvalue weighted by molar-refractivity contribution is -0.00571. The van der Waals surface area contributed by atoms with Crippen molar-refractivity contribution < 1.29 is 23.8 Å². The number of likely N-dealkylation sites (tertiary alicyclic amines) is 1. The van der Waals surface area contributed by atoms with Gasteiger partial charge in [-0.3, -0.25) is 9.59 Å². The normalized spacial score (nSPS) is 22.2. The van der Waals surface area contributed by atoms with Gasteiger partial charge in [0.2, 0.25) is 5.88 Å². The Balaban J connectivity index is 1.24. The Kier molecular flexibility index (Phi) is 5.32. The number of ether oxygens (including phenoxy) is 3. The van der Waals surface area contributed by atoms with Gasteiger partial charge in [-0.05, 0) is 18.2 Å². The molecule has 5 rings (SSSR count). The van der Waals surface area contributed by atoms with E-state index in [1.165, 1.54) is 6.20 Å². The molecule has 0 aliphatic carbocycles. The molecular weight excluding hydrogens is 420 g/mol. The second kappa shape index (κ2) is 8.13. The number of aromatic nitrogens is 1. The smallest absolute Gasteiger partial charge is 0.255 e. The van der Waals surface area contributed by atoms with E-state index in [0.29, 0.717) is 73.3 Å². The van der Waals surface area contributed by atoms with Crippen molar-refractivity contribution >= 4 is 23.3 Å². The minimum Gasteiger partial charge on any atom is -0.486 e. The molecule has 0 N–H and O–H groups in total. The molecule has 162 valence electrons. The number of carbonyl (C=O) groups is 2. The predicted molar refractivity (Wildman–Crippen MR) is 113 cm³/mol. The highest BCUT2D eigenvalue weighted by atomic mass is 35.5. The largest absolute Gasteiger partial charge is 0.486 e. The summed E-state index contributed by atoms with van der Waals surface area (Å²) in [5.41, 5.74) is 0.514. The Hall–Kier alpha value is -2.64. The molecule has 1 aromatic heterocycles. The van der Waals surface area contributed by atoms with Gasteiger partial charge in [-0.15, -0.1) is 0 Å². The summed E-state index contributed by atoms with van der Waals surface area (Å²) in [7, 11) is 0. The summed E-state index contributed by atoms with van der Waals surface area (Å²) in [4.78, 5) is 31.6. The number of Topliss-reactive ketones (excluding diaryl/α,β-unsaturated/α-hetero) is 1. The Morgan fingerprint density at radius 3 is 2.81 bits per heavy atom. The fourth-order valence-electron chi connectivity index (χ4n) is 4.41. The summed E-state index contributed by atoms with van der Waals surface area (Å²) in [5, 5.41) is 0.309. The number of nitrogens with zero attached hydrogens (tertiary/aromatic N) is 2. The number of halogens is 1. The summed E-state index contributed by atoms with van der Waals surface area (Å²) >= 11 is 6.31. The topological polar surface area (TPSA) is 78.0 Å². The maximum Gasteiger partial charge on any atom is 0.255 e. The Bertz CT molecular complexity index is 1010. The predicted octanol–water partition coefficient (Wildman–Crippen LogP) is 3.54. The van der Waals surface area contributed by atoms with Gasteiger partial charge in [0.25, 0.3) is 5.91 Å². The van der Waals surface area contributed by atoms with Crippen LogP contribution in [0.1, 0.15) is 46.4 Å². The first-order valence-corrected chi connectivity index (χ1v) is 10.9. The zero-order valence-electron chi connectivity index (χ0n) is 17.0. The third-order valence-corrected chi connectivity index (χ3v) is 6.45. The Morgan fingerprint density at radius 2 is 2.06 bits per heavy atom. The van der Waals surface area contributed by atoms with Gasteiger partial charge in [0.1, 0.15) is 22.5 Å². The highest BCUT2D eigenvalue weighted by Crippen LogP contribution is 2.39. The van der Waals surface area contributed by atoms with Crippen molar-refractivity contribution in [1.82, 2.24) is 9.88 Å². The van der Waals surface area contributed by atoms with Crippen LogP contribution in [0.2, 0.25) is 5.02 Å². The van der Waals surface area contributed by atoms with Crippen molar-refractivity contribution in [2.75, 3.05) is 26.3 Å². The van der Waals surface area contributed by atoms with Gasteiger partial charge >= 0.3 is 0 Å². The molecule has 3 aliphatic rings. The summed E-state index contributed by atoms with van der Waals surface area (Å²) in [5.74, 6) is 0.917. The number of benzene rings is 1. The van der Waals surface area contributed by atoms with E-state index in [1.807, 2.05) is 18.2 Å². The number of rotatable bonds is 3. The number of amides is 1. The molecule has 4 heterocycles. The SMILES string of the molecule is O=C1CC2(CCN(C(=O)c3cnc(O[C@H]4CCOC4)c(Cl)c3)CC2)Oc2ccccc21. The summed E-state index contributed by atoms with van der Waals surface area (Å²) in [6, 6.07) is 8.95. The van der Waals surface area contributed by atoms with E-state index in [0.717, 1.165) is 6.42 Å². The molecule has 1 spiro atoms. The molecule has 8 heteroatoms. The Morgan fingerprint density at radius 1 is 1.26 bits per heavy atom. The number of para-hydroxylation sites is 1. The average molecular weight is 443 g/mol. The van der Waals surface area contributed by atoms with Crippen LogP contribution in [0, 0.1) is 0 Å². The van der Waals surface area contributed by atoms with Crippen LogP contribution < -0.4 is 9.47 Å². The minimum atomic E-state index is -0.542. The summed E-state index contributed by atoms with van der Waals surface area (Å²) < 4.78 is 17.3. The van der Waals surface area contributed by atoms with E-state index in [9.17, 15) is 9.59 Å². The van der Waals surface area contributed by atoms with Crippen LogP contribution in [0.5, 0.6) is 11.6 Å². The fraction of sp³-hybridized carbons (Fsp3) is 0.435. The zero-order chi connectivity index (χ0) is 21.4. The molecule has 31 heavy (non-hydrogen) atoms. The number of piperidine rings is 1. The second-order valence-electron chi connectivity index (χ2n) is 8.29. The Labute approximate surface area is 185 Å². The van der Waals surface area contributed by atoms with Crippen molar-refractivity contribution in [2.24, 2.45) is 0 Å². The fourth-order valence-corrected chi connectivity index (χ4v) is 4.63. The lowest BCUT2D eigenvalue weighted by Gasteiger charge is -2.43. The van der Waals surface area contributed by atoms with E-state index in [1.54, 1.807) is 17.0 Å². The monoisotopic (exact) mass is 442 g/mol. The van der Waals surface area contributed by atoms with Gasteiger partial charge in [0.15, 0.2) is 5.78 Å². The first-order valence-electron chi connectivity index (χ1n) is 10.5. The first kappa shape index (κ1) is 20.3.